The first-order valence-electron chi connectivity index (χ1n) is 5.96. The zero-order chi connectivity index (χ0) is 10.7. The largest absolute Gasteiger partial charge is 0.335 e. The SMILES string of the molecule is CNC1CCCC1CCn1ccnc1C. The first-order chi connectivity index (χ1) is 7.31. The van der Waals surface area contributed by atoms with E-state index in [9.17, 15) is 0 Å². The highest BCUT2D eigenvalue weighted by Crippen LogP contribution is 2.28. The standard InChI is InChI=1S/C12H21N3/c1-10-14-7-9-15(10)8-6-11-4-3-5-12(11)13-2/h7,9,11-13H,3-6,8H2,1-2H3. The average molecular weight is 207 g/mol. The summed E-state index contributed by atoms with van der Waals surface area (Å²) in [5.41, 5.74) is 0. The van der Waals surface area contributed by atoms with Crippen LogP contribution in [0.4, 0.5) is 0 Å². The fourth-order valence-electron chi connectivity index (χ4n) is 2.71. The third-order valence-corrected chi connectivity index (χ3v) is 3.69. The quantitative estimate of drug-likeness (QED) is 0.818. The lowest BCUT2D eigenvalue weighted by Crippen LogP contribution is -2.29. The molecule has 3 nitrogen and oxygen atoms in total. The van der Waals surface area contributed by atoms with Crippen LogP contribution in [0.2, 0.25) is 0 Å². The fourth-order valence-corrected chi connectivity index (χ4v) is 2.71. The van der Waals surface area contributed by atoms with Crippen LogP contribution in [0.3, 0.4) is 0 Å². The van der Waals surface area contributed by atoms with Crippen LogP contribution >= 0.6 is 0 Å². The Morgan fingerprint density at radius 3 is 3.07 bits per heavy atom. The van der Waals surface area contributed by atoms with E-state index < -0.39 is 0 Å². The molecule has 2 rings (SSSR count). The highest BCUT2D eigenvalue weighted by Gasteiger charge is 2.25. The lowest BCUT2D eigenvalue weighted by atomic mass is 10.00. The Labute approximate surface area is 91.9 Å². The number of nitrogens with zero attached hydrogens (tertiary/aromatic N) is 2. The van der Waals surface area contributed by atoms with Gasteiger partial charge in [0, 0.05) is 25.0 Å². The monoisotopic (exact) mass is 207 g/mol. The summed E-state index contributed by atoms with van der Waals surface area (Å²) in [4.78, 5) is 4.25. The Morgan fingerprint density at radius 1 is 1.53 bits per heavy atom. The molecular formula is C12H21N3. The number of aromatic nitrogens is 2. The molecule has 3 heteroatoms. The smallest absolute Gasteiger partial charge is 0.105 e. The normalized spacial score (nSPS) is 26.0. The molecule has 1 aliphatic rings. The molecular weight excluding hydrogens is 186 g/mol. The number of hydrogen-bond donors (Lipinski definition) is 1. The second-order valence-electron chi connectivity index (χ2n) is 4.54. The van der Waals surface area contributed by atoms with E-state index in [0.29, 0.717) is 0 Å². The van der Waals surface area contributed by atoms with Gasteiger partial charge in [0.15, 0.2) is 0 Å². The highest BCUT2D eigenvalue weighted by molar-refractivity contribution is 4.89. The summed E-state index contributed by atoms with van der Waals surface area (Å²) in [7, 11) is 2.09. The van der Waals surface area contributed by atoms with E-state index in [1.165, 1.54) is 25.7 Å². The van der Waals surface area contributed by atoms with Crippen LogP contribution in [0, 0.1) is 12.8 Å². The van der Waals surface area contributed by atoms with Crippen molar-refractivity contribution in [1.82, 2.24) is 14.9 Å². The molecule has 1 heterocycles. The molecule has 15 heavy (non-hydrogen) atoms. The van der Waals surface area contributed by atoms with E-state index in [1.807, 2.05) is 6.20 Å². The van der Waals surface area contributed by atoms with Gasteiger partial charge in [-0.15, -0.1) is 0 Å². The minimum absolute atomic E-state index is 0.744. The molecule has 0 saturated heterocycles. The summed E-state index contributed by atoms with van der Waals surface area (Å²) in [6.45, 7) is 3.19. The van der Waals surface area contributed by atoms with Crippen LogP contribution in [0.25, 0.3) is 0 Å². The molecule has 1 aromatic heterocycles. The van der Waals surface area contributed by atoms with E-state index in [4.69, 9.17) is 0 Å². The fraction of sp³-hybridized carbons (Fsp3) is 0.750. The maximum absolute atomic E-state index is 4.25. The van der Waals surface area contributed by atoms with Crippen LogP contribution in [0.1, 0.15) is 31.5 Å². The van der Waals surface area contributed by atoms with Gasteiger partial charge in [0.2, 0.25) is 0 Å². The molecule has 0 aliphatic heterocycles. The molecule has 1 aromatic rings. The van der Waals surface area contributed by atoms with Gasteiger partial charge in [-0.3, -0.25) is 0 Å². The Morgan fingerprint density at radius 2 is 2.40 bits per heavy atom. The minimum Gasteiger partial charge on any atom is -0.335 e. The highest BCUT2D eigenvalue weighted by atomic mass is 15.0. The summed E-state index contributed by atoms with van der Waals surface area (Å²) in [6.07, 6.45) is 9.38. The summed E-state index contributed by atoms with van der Waals surface area (Å²) in [5.74, 6) is 1.99. The third-order valence-electron chi connectivity index (χ3n) is 3.69. The van der Waals surface area contributed by atoms with E-state index >= 15 is 0 Å². The van der Waals surface area contributed by atoms with Crippen molar-refractivity contribution in [3.8, 4) is 0 Å². The van der Waals surface area contributed by atoms with E-state index in [-0.39, 0.29) is 0 Å². The molecule has 84 valence electrons. The number of rotatable bonds is 4. The lowest BCUT2D eigenvalue weighted by Gasteiger charge is -2.19. The van der Waals surface area contributed by atoms with Gasteiger partial charge in [0.05, 0.1) is 0 Å². The van der Waals surface area contributed by atoms with Crippen molar-refractivity contribution in [2.45, 2.75) is 45.2 Å². The summed E-state index contributed by atoms with van der Waals surface area (Å²) in [5, 5.41) is 3.43. The van der Waals surface area contributed by atoms with Crippen molar-refractivity contribution >= 4 is 0 Å². The molecule has 1 fully saturated rings. The molecule has 2 atom stereocenters. The van der Waals surface area contributed by atoms with Crippen molar-refractivity contribution in [1.29, 1.82) is 0 Å². The summed E-state index contributed by atoms with van der Waals surface area (Å²) < 4.78 is 2.26. The molecule has 1 aliphatic carbocycles. The Kier molecular flexibility index (Phi) is 3.41. The number of aryl methyl sites for hydroxylation is 2. The minimum atomic E-state index is 0.744. The van der Waals surface area contributed by atoms with Gasteiger partial charge in [-0.25, -0.2) is 4.98 Å². The van der Waals surface area contributed by atoms with Crippen LogP contribution in [-0.2, 0) is 6.54 Å². The van der Waals surface area contributed by atoms with Crippen molar-refractivity contribution in [3.63, 3.8) is 0 Å². The molecule has 2 unspecified atom stereocenters. The lowest BCUT2D eigenvalue weighted by molar-refractivity contribution is 0.376. The molecule has 1 saturated carbocycles. The Hall–Kier alpha value is -0.830. The number of hydrogen-bond acceptors (Lipinski definition) is 2. The maximum Gasteiger partial charge on any atom is 0.105 e. The second kappa shape index (κ2) is 4.79. The van der Waals surface area contributed by atoms with E-state index in [0.717, 1.165) is 24.3 Å². The van der Waals surface area contributed by atoms with Gasteiger partial charge >= 0.3 is 0 Å². The zero-order valence-electron chi connectivity index (χ0n) is 9.74. The third kappa shape index (κ3) is 2.40. The first kappa shape index (κ1) is 10.7. The van der Waals surface area contributed by atoms with Gasteiger partial charge in [-0.1, -0.05) is 6.42 Å². The molecule has 0 aromatic carbocycles. The Balaban J connectivity index is 1.85. The summed E-state index contributed by atoms with van der Waals surface area (Å²) >= 11 is 0. The van der Waals surface area contributed by atoms with Crippen molar-refractivity contribution in [2.24, 2.45) is 5.92 Å². The Bertz CT molecular complexity index is 306. The molecule has 0 spiro atoms. The average Bonchev–Trinajstić information content (AvgIpc) is 2.83. The molecule has 1 N–H and O–H groups in total. The predicted molar refractivity (Wildman–Crippen MR) is 61.8 cm³/mol. The number of nitrogens with one attached hydrogen (secondary N) is 1. The van der Waals surface area contributed by atoms with Gasteiger partial charge < -0.3 is 9.88 Å². The number of imidazole rings is 1. The topological polar surface area (TPSA) is 29.9 Å². The van der Waals surface area contributed by atoms with Gasteiger partial charge in [-0.2, -0.15) is 0 Å². The van der Waals surface area contributed by atoms with Crippen LogP contribution in [-0.4, -0.2) is 22.6 Å². The van der Waals surface area contributed by atoms with Gasteiger partial charge in [-0.05, 0) is 39.2 Å². The zero-order valence-corrected chi connectivity index (χ0v) is 9.74. The van der Waals surface area contributed by atoms with Crippen LogP contribution in [0.15, 0.2) is 12.4 Å². The first-order valence-corrected chi connectivity index (χ1v) is 5.96. The molecule has 0 amide bonds. The van der Waals surface area contributed by atoms with E-state index in [2.05, 4.69) is 35.0 Å². The van der Waals surface area contributed by atoms with E-state index in [1.54, 1.807) is 0 Å². The van der Waals surface area contributed by atoms with Crippen molar-refractivity contribution in [2.75, 3.05) is 7.05 Å². The second-order valence-corrected chi connectivity index (χ2v) is 4.54. The van der Waals surface area contributed by atoms with Gasteiger partial charge in [0.1, 0.15) is 5.82 Å². The summed E-state index contributed by atoms with van der Waals surface area (Å²) in [6, 6.07) is 0.744. The van der Waals surface area contributed by atoms with Crippen molar-refractivity contribution < 1.29 is 0 Å². The van der Waals surface area contributed by atoms with Gasteiger partial charge in [0.25, 0.3) is 0 Å². The van der Waals surface area contributed by atoms with Crippen LogP contribution < -0.4 is 5.32 Å². The maximum atomic E-state index is 4.25. The molecule has 0 radical (unpaired) electrons. The molecule has 0 bridgehead atoms. The van der Waals surface area contributed by atoms with Crippen LogP contribution in [0.5, 0.6) is 0 Å². The van der Waals surface area contributed by atoms with Crippen molar-refractivity contribution in [3.05, 3.63) is 18.2 Å². The predicted octanol–water partition coefficient (Wildman–Crippen LogP) is 1.97.